The molecule has 0 atom stereocenters. The number of hydrogen-bond donors (Lipinski definition) is 0. The van der Waals surface area contributed by atoms with Gasteiger partial charge in [0, 0.05) is 18.7 Å². The monoisotopic (exact) mass is 371 g/mol. The maximum absolute atomic E-state index is 5.82. The Labute approximate surface area is 140 Å². The predicted octanol–water partition coefficient (Wildman–Crippen LogP) is 4.41. The third-order valence-electron chi connectivity index (χ3n) is 3.47. The maximum atomic E-state index is 5.82. The Balaban J connectivity index is 2.28. The molecule has 0 aromatic heterocycles. The van der Waals surface area contributed by atoms with Crippen LogP contribution in [-0.2, 0) is 0 Å². The van der Waals surface area contributed by atoms with E-state index in [-0.39, 0.29) is 6.10 Å². The van der Waals surface area contributed by atoms with Crippen molar-refractivity contribution in [1.29, 1.82) is 0 Å². The van der Waals surface area contributed by atoms with Crippen molar-refractivity contribution in [2.45, 2.75) is 39.2 Å². The van der Waals surface area contributed by atoms with Crippen molar-refractivity contribution in [2.24, 2.45) is 0 Å². The third-order valence-corrected chi connectivity index (χ3v) is 4.56. The highest BCUT2D eigenvalue weighted by atomic mass is 79.9. The number of ether oxygens (including phenoxy) is 2. The van der Waals surface area contributed by atoms with Crippen LogP contribution in [0.5, 0.6) is 11.5 Å². The molecule has 21 heavy (non-hydrogen) atoms. The highest BCUT2D eigenvalue weighted by Gasteiger charge is 2.19. The molecule has 1 aromatic carbocycles. The van der Waals surface area contributed by atoms with E-state index in [2.05, 4.69) is 20.8 Å². The number of piperidine rings is 1. The lowest BCUT2D eigenvalue weighted by atomic mass is 10.1. The molecule has 0 radical (unpaired) electrons. The highest BCUT2D eigenvalue weighted by Crippen LogP contribution is 2.37. The molecule has 0 amide bonds. The largest absolute Gasteiger partial charge is 0.493 e. The van der Waals surface area contributed by atoms with E-state index in [1.807, 2.05) is 26.0 Å². The number of benzene rings is 1. The van der Waals surface area contributed by atoms with Gasteiger partial charge in [-0.25, -0.2) is 0 Å². The summed E-state index contributed by atoms with van der Waals surface area (Å²) in [6, 6.07) is 4.00. The van der Waals surface area contributed by atoms with Crippen LogP contribution < -0.4 is 9.47 Å². The van der Waals surface area contributed by atoms with Gasteiger partial charge in [-0.2, -0.15) is 0 Å². The third kappa shape index (κ3) is 4.10. The van der Waals surface area contributed by atoms with Crippen LogP contribution in [0.1, 0.15) is 38.7 Å². The van der Waals surface area contributed by atoms with Crippen LogP contribution in [-0.4, -0.2) is 36.2 Å². The summed E-state index contributed by atoms with van der Waals surface area (Å²) in [4.78, 5) is 3.17. The van der Waals surface area contributed by atoms with Gasteiger partial charge in [0.1, 0.15) is 4.99 Å². The van der Waals surface area contributed by atoms with Crippen molar-refractivity contribution >= 4 is 33.1 Å². The molecule has 116 valence electrons. The first-order valence-corrected chi connectivity index (χ1v) is 8.56. The molecule has 3 nitrogen and oxygen atoms in total. The summed E-state index contributed by atoms with van der Waals surface area (Å²) in [5.74, 6) is 1.45. The lowest BCUT2D eigenvalue weighted by Gasteiger charge is -2.29. The normalized spacial score (nSPS) is 15.2. The maximum Gasteiger partial charge on any atom is 0.175 e. The second-order valence-corrected chi connectivity index (χ2v) is 6.75. The van der Waals surface area contributed by atoms with Gasteiger partial charge in [-0.05, 0) is 61.2 Å². The Hall–Kier alpha value is -0.810. The SMILES string of the molecule is COc1cc(C(=S)N2CCCCC2)cc(Br)c1OC(C)C. The van der Waals surface area contributed by atoms with Gasteiger partial charge in [0.25, 0.3) is 0 Å². The summed E-state index contributed by atoms with van der Waals surface area (Å²) in [6.07, 6.45) is 3.82. The zero-order valence-electron chi connectivity index (χ0n) is 12.8. The average Bonchev–Trinajstić information content (AvgIpc) is 2.48. The molecular weight excluding hydrogens is 350 g/mol. The first kappa shape index (κ1) is 16.6. The summed E-state index contributed by atoms with van der Waals surface area (Å²) in [5, 5.41) is 0. The molecule has 0 saturated carbocycles. The van der Waals surface area contributed by atoms with Gasteiger partial charge in [-0.1, -0.05) is 12.2 Å². The lowest BCUT2D eigenvalue weighted by molar-refractivity contribution is 0.228. The quantitative estimate of drug-likeness (QED) is 0.730. The molecule has 1 fully saturated rings. The van der Waals surface area contributed by atoms with Gasteiger partial charge in [0.05, 0.1) is 17.7 Å². The topological polar surface area (TPSA) is 21.7 Å². The molecule has 1 aliphatic rings. The summed E-state index contributed by atoms with van der Waals surface area (Å²) in [5.41, 5.74) is 1.01. The van der Waals surface area contributed by atoms with Crippen molar-refractivity contribution in [2.75, 3.05) is 20.2 Å². The minimum Gasteiger partial charge on any atom is -0.493 e. The Morgan fingerprint density at radius 3 is 2.48 bits per heavy atom. The number of rotatable bonds is 4. The van der Waals surface area contributed by atoms with Crippen LogP contribution in [0.25, 0.3) is 0 Å². The number of likely N-dealkylation sites (tertiary alicyclic amines) is 1. The Morgan fingerprint density at radius 2 is 1.90 bits per heavy atom. The van der Waals surface area contributed by atoms with Crippen molar-refractivity contribution in [3.8, 4) is 11.5 Å². The van der Waals surface area contributed by atoms with E-state index in [1.165, 1.54) is 19.3 Å². The van der Waals surface area contributed by atoms with Crippen LogP contribution >= 0.6 is 28.1 Å². The second kappa shape index (κ2) is 7.45. The van der Waals surface area contributed by atoms with Crippen LogP contribution in [0.2, 0.25) is 0 Å². The first-order valence-electron chi connectivity index (χ1n) is 7.36. The van der Waals surface area contributed by atoms with Gasteiger partial charge in [0.2, 0.25) is 0 Å². The van der Waals surface area contributed by atoms with Crippen molar-refractivity contribution in [1.82, 2.24) is 4.90 Å². The number of methoxy groups -OCH3 is 1. The zero-order valence-corrected chi connectivity index (χ0v) is 15.2. The molecule has 0 aliphatic carbocycles. The Morgan fingerprint density at radius 1 is 1.24 bits per heavy atom. The predicted molar refractivity (Wildman–Crippen MR) is 93.6 cm³/mol. The first-order chi connectivity index (χ1) is 10.0. The number of thiocarbonyl (C=S) groups is 1. The molecule has 1 aliphatic heterocycles. The molecule has 1 saturated heterocycles. The van der Waals surface area contributed by atoms with Crippen molar-refractivity contribution in [3.63, 3.8) is 0 Å². The zero-order chi connectivity index (χ0) is 15.4. The lowest BCUT2D eigenvalue weighted by Crippen LogP contribution is -2.34. The van der Waals surface area contributed by atoms with Gasteiger partial charge in [-0.3, -0.25) is 0 Å². The highest BCUT2D eigenvalue weighted by molar-refractivity contribution is 9.10. The summed E-state index contributed by atoms with van der Waals surface area (Å²) in [6.45, 7) is 6.09. The van der Waals surface area contributed by atoms with Crippen molar-refractivity contribution in [3.05, 3.63) is 22.2 Å². The van der Waals surface area contributed by atoms with Gasteiger partial charge >= 0.3 is 0 Å². The fraction of sp³-hybridized carbons (Fsp3) is 0.562. The second-order valence-electron chi connectivity index (χ2n) is 5.51. The van der Waals surface area contributed by atoms with E-state index in [1.54, 1.807) is 7.11 Å². The van der Waals surface area contributed by atoms with E-state index in [0.29, 0.717) is 5.75 Å². The van der Waals surface area contributed by atoms with E-state index >= 15 is 0 Å². The number of halogens is 1. The minimum atomic E-state index is 0.0927. The summed E-state index contributed by atoms with van der Waals surface area (Å²) >= 11 is 9.22. The molecule has 0 unspecified atom stereocenters. The minimum absolute atomic E-state index is 0.0927. The molecule has 0 spiro atoms. The van der Waals surface area contributed by atoms with Crippen LogP contribution in [0.4, 0.5) is 0 Å². The molecule has 0 bridgehead atoms. The fourth-order valence-electron chi connectivity index (χ4n) is 2.47. The smallest absolute Gasteiger partial charge is 0.175 e. The van der Waals surface area contributed by atoms with E-state index in [0.717, 1.165) is 33.9 Å². The van der Waals surface area contributed by atoms with Gasteiger partial charge in [0.15, 0.2) is 11.5 Å². The molecule has 5 heteroatoms. The standard InChI is InChI=1S/C16H22BrNO2S/c1-11(2)20-15-13(17)9-12(10-14(15)19-3)16(21)18-7-5-4-6-8-18/h9-11H,4-8H2,1-3H3. The van der Waals surface area contributed by atoms with E-state index in [4.69, 9.17) is 21.7 Å². The summed E-state index contributed by atoms with van der Waals surface area (Å²) < 4.78 is 12.2. The molecule has 0 N–H and O–H groups in total. The van der Waals surface area contributed by atoms with Crippen LogP contribution in [0.15, 0.2) is 16.6 Å². The molecule has 1 aromatic rings. The Bertz CT molecular complexity index is 513. The molecule has 1 heterocycles. The summed E-state index contributed by atoms with van der Waals surface area (Å²) in [7, 11) is 1.66. The van der Waals surface area contributed by atoms with Gasteiger partial charge in [-0.15, -0.1) is 0 Å². The fourth-order valence-corrected chi connectivity index (χ4v) is 3.31. The van der Waals surface area contributed by atoms with Crippen LogP contribution in [0.3, 0.4) is 0 Å². The van der Waals surface area contributed by atoms with E-state index < -0.39 is 0 Å². The Kier molecular flexibility index (Phi) is 5.88. The molecule has 2 rings (SSSR count). The van der Waals surface area contributed by atoms with Gasteiger partial charge < -0.3 is 14.4 Å². The number of hydrogen-bond acceptors (Lipinski definition) is 3. The average molecular weight is 372 g/mol. The molecular formula is C16H22BrNO2S. The number of nitrogens with zero attached hydrogens (tertiary/aromatic N) is 1. The van der Waals surface area contributed by atoms with E-state index in [9.17, 15) is 0 Å². The van der Waals surface area contributed by atoms with Crippen molar-refractivity contribution < 1.29 is 9.47 Å². The van der Waals surface area contributed by atoms with Crippen LogP contribution in [0, 0.1) is 0 Å².